The summed E-state index contributed by atoms with van der Waals surface area (Å²) in [5.74, 6) is 1.18. The highest BCUT2D eigenvalue weighted by atomic mass is 16.1. The number of aromatic nitrogens is 7. The first-order valence-electron chi connectivity index (χ1n) is 11.1. The van der Waals surface area contributed by atoms with E-state index in [1.54, 1.807) is 24.8 Å². The van der Waals surface area contributed by atoms with E-state index in [9.17, 15) is 4.79 Å². The molecule has 1 fully saturated rings. The molecular formula is C24H22N8O. The first-order chi connectivity index (χ1) is 16.2. The number of nitrogens with zero attached hydrogens (tertiary/aromatic N) is 5. The summed E-state index contributed by atoms with van der Waals surface area (Å²) in [6.07, 6.45) is 12.2. The summed E-state index contributed by atoms with van der Waals surface area (Å²) in [6.45, 7) is 0. The molecule has 1 amide bonds. The van der Waals surface area contributed by atoms with E-state index in [4.69, 9.17) is 0 Å². The lowest BCUT2D eigenvalue weighted by molar-refractivity contribution is -0.117. The molecule has 0 atom stereocenters. The minimum Gasteiger partial charge on any atom is -0.325 e. The van der Waals surface area contributed by atoms with Gasteiger partial charge in [-0.2, -0.15) is 5.10 Å². The van der Waals surface area contributed by atoms with Crippen LogP contribution < -0.4 is 5.32 Å². The number of H-pyrrole nitrogens is 2. The average Bonchev–Trinajstić information content (AvgIpc) is 3.57. The van der Waals surface area contributed by atoms with Gasteiger partial charge >= 0.3 is 0 Å². The Labute approximate surface area is 189 Å². The fourth-order valence-electron chi connectivity index (χ4n) is 4.55. The van der Waals surface area contributed by atoms with Crippen LogP contribution in [0.15, 0.2) is 49.1 Å². The highest BCUT2D eigenvalue weighted by Gasteiger charge is 2.19. The smallest absolute Gasteiger partial charge is 0.224 e. The van der Waals surface area contributed by atoms with Gasteiger partial charge in [0.1, 0.15) is 11.2 Å². The Morgan fingerprint density at radius 3 is 2.91 bits per heavy atom. The van der Waals surface area contributed by atoms with Crippen LogP contribution in [0, 0.1) is 5.92 Å². The first kappa shape index (κ1) is 19.5. The highest BCUT2D eigenvalue weighted by molar-refractivity contribution is 5.95. The third-order valence-electron chi connectivity index (χ3n) is 6.19. The molecule has 9 nitrogen and oxygen atoms in total. The van der Waals surface area contributed by atoms with Crippen molar-refractivity contribution in [2.75, 3.05) is 5.32 Å². The van der Waals surface area contributed by atoms with Crippen LogP contribution in [0.4, 0.5) is 5.69 Å². The number of amides is 1. The Hall–Kier alpha value is -4.14. The number of carbonyl (C=O) groups is 1. The number of aromatic amines is 2. The average molecular weight is 438 g/mol. The molecule has 0 spiro atoms. The second-order valence-electron chi connectivity index (χ2n) is 8.51. The lowest BCUT2D eigenvalue weighted by Crippen LogP contribution is -2.15. The Kier molecular flexibility index (Phi) is 4.79. The summed E-state index contributed by atoms with van der Waals surface area (Å²) in [5, 5.41) is 11.3. The van der Waals surface area contributed by atoms with Gasteiger partial charge < -0.3 is 10.3 Å². The van der Waals surface area contributed by atoms with Crippen LogP contribution in [0.3, 0.4) is 0 Å². The van der Waals surface area contributed by atoms with Gasteiger partial charge in [-0.05, 0) is 43.0 Å². The van der Waals surface area contributed by atoms with E-state index < -0.39 is 0 Å². The molecule has 5 aromatic rings. The van der Waals surface area contributed by atoms with Gasteiger partial charge in [0.15, 0.2) is 11.5 Å². The van der Waals surface area contributed by atoms with Crippen LogP contribution >= 0.6 is 0 Å². The number of imidazole rings is 1. The maximum atomic E-state index is 12.4. The number of hydrogen-bond donors (Lipinski definition) is 3. The van der Waals surface area contributed by atoms with Crippen LogP contribution in [-0.4, -0.2) is 41.0 Å². The molecule has 5 heterocycles. The number of fused-ring (bicyclic) bond motifs is 2. The molecular weight excluding hydrogens is 416 g/mol. The minimum absolute atomic E-state index is 0.0416. The van der Waals surface area contributed by atoms with Crippen molar-refractivity contribution in [1.82, 2.24) is 35.1 Å². The SMILES string of the molecule is O=C(CC1CCCC1)Nc1cncc(-c2cc3c(-c4nc5cccnc5[nH]4)n[nH]c3cn2)c1. The van der Waals surface area contributed by atoms with Crippen molar-refractivity contribution in [3.8, 4) is 22.8 Å². The predicted octanol–water partition coefficient (Wildman–Crippen LogP) is 4.48. The number of carbonyl (C=O) groups excluding carboxylic acids is 1. The van der Waals surface area contributed by atoms with Crippen molar-refractivity contribution in [2.24, 2.45) is 5.92 Å². The van der Waals surface area contributed by atoms with Crippen molar-refractivity contribution in [3.05, 3.63) is 49.1 Å². The van der Waals surface area contributed by atoms with E-state index in [-0.39, 0.29) is 5.91 Å². The summed E-state index contributed by atoms with van der Waals surface area (Å²) < 4.78 is 0. The highest BCUT2D eigenvalue weighted by Crippen LogP contribution is 2.30. The third-order valence-corrected chi connectivity index (χ3v) is 6.19. The summed E-state index contributed by atoms with van der Waals surface area (Å²) in [4.78, 5) is 33.5. The largest absolute Gasteiger partial charge is 0.325 e. The third kappa shape index (κ3) is 3.82. The van der Waals surface area contributed by atoms with Crippen molar-refractivity contribution < 1.29 is 4.79 Å². The monoisotopic (exact) mass is 438 g/mol. The van der Waals surface area contributed by atoms with E-state index in [0.717, 1.165) is 40.5 Å². The minimum atomic E-state index is 0.0416. The zero-order valence-corrected chi connectivity index (χ0v) is 17.9. The van der Waals surface area contributed by atoms with Gasteiger partial charge in [-0.25, -0.2) is 9.97 Å². The van der Waals surface area contributed by atoms with Gasteiger partial charge in [0.05, 0.1) is 29.3 Å². The molecule has 0 aliphatic heterocycles. The zero-order chi connectivity index (χ0) is 22.2. The van der Waals surface area contributed by atoms with E-state index in [1.807, 2.05) is 24.3 Å². The molecule has 6 rings (SSSR count). The lowest BCUT2D eigenvalue weighted by atomic mass is 10.0. The molecule has 1 aliphatic rings. The molecule has 3 N–H and O–H groups in total. The van der Waals surface area contributed by atoms with Crippen LogP contribution in [0.2, 0.25) is 0 Å². The van der Waals surface area contributed by atoms with Gasteiger partial charge in [0, 0.05) is 29.8 Å². The Bertz CT molecular complexity index is 1430. The number of nitrogens with one attached hydrogen (secondary N) is 3. The maximum absolute atomic E-state index is 12.4. The van der Waals surface area contributed by atoms with E-state index in [0.29, 0.717) is 35.2 Å². The fourth-order valence-corrected chi connectivity index (χ4v) is 4.55. The maximum Gasteiger partial charge on any atom is 0.224 e. The van der Waals surface area contributed by atoms with Gasteiger partial charge in [-0.15, -0.1) is 0 Å². The second kappa shape index (κ2) is 8.09. The van der Waals surface area contributed by atoms with Crippen LogP contribution in [0.5, 0.6) is 0 Å². The van der Waals surface area contributed by atoms with Crippen molar-refractivity contribution in [3.63, 3.8) is 0 Å². The Balaban J connectivity index is 1.30. The van der Waals surface area contributed by atoms with Gasteiger partial charge in [-0.1, -0.05) is 12.8 Å². The van der Waals surface area contributed by atoms with Crippen LogP contribution in [-0.2, 0) is 4.79 Å². The van der Waals surface area contributed by atoms with Gasteiger partial charge in [-0.3, -0.25) is 19.9 Å². The lowest BCUT2D eigenvalue weighted by Gasteiger charge is -2.10. The standard InChI is InChI=1S/C24H22N8O/c33-21(8-14-4-1-2-5-14)28-16-9-15(11-25-12-16)19-10-17-20(13-27-19)31-32-22(17)24-29-18-6-3-7-26-23(18)30-24/h3,6-7,9-14H,1-2,4-5,8H2,(H,28,33)(H,31,32)(H,26,29,30). The van der Waals surface area contributed by atoms with Crippen molar-refractivity contribution in [1.29, 1.82) is 0 Å². The number of rotatable bonds is 5. The molecule has 5 aromatic heterocycles. The van der Waals surface area contributed by atoms with E-state index in [2.05, 4.69) is 40.4 Å². The molecule has 1 saturated carbocycles. The zero-order valence-electron chi connectivity index (χ0n) is 17.9. The Morgan fingerprint density at radius 1 is 1.12 bits per heavy atom. The van der Waals surface area contributed by atoms with Crippen LogP contribution in [0.1, 0.15) is 32.1 Å². The number of hydrogen-bond acceptors (Lipinski definition) is 6. The van der Waals surface area contributed by atoms with E-state index >= 15 is 0 Å². The van der Waals surface area contributed by atoms with Crippen molar-refractivity contribution in [2.45, 2.75) is 32.1 Å². The van der Waals surface area contributed by atoms with Gasteiger partial charge in [0.2, 0.25) is 5.91 Å². The first-order valence-corrected chi connectivity index (χ1v) is 11.1. The Morgan fingerprint density at radius 2 is 2.03 bits per heavy atom. The summed E-state index contributed by atoms with van der Waals surface area (Å²) in [7, 11) is 0. The molecule has 0 radical (unpaired) electrons. The quantitative estimate of drug-likeness (QED) is 0.372. The van der Waals surface area contributed by atoms with Crippen molar-refractivity contribution >= 4 is 33.7 Å². The normalized spacial score (nSPS) is 14.3. The summed E-state index contributed by atoms with van der Waals surface area (Å²) in [5.41, 5.74) is 5.21. The fraction of sp³-hybridized carbons (Fsp3) is 0.250. The molecule has 0 aromatic carbocycles. The topological polar surface area (TPSA) is 125 Å². The molecule has 164 valence electrons. The molecule has 1 aliphatic carbocycles. The number of anilines is 1. The van der Waals surface area contributed by atoms with Gasteiger partial charge in [0.25, 0.3) is 0 Å². The van der Waals surface area contributed by atoms with Crippen LogP contribution in [0.25, 0.3) is 44.8 Å². The molecule has 0 saturated heterocycles. The number of pyridine rings is 3. The molecule has 0 bridgehead atoms. The molecule has 33 heavy (non-hydrogen) atoms. The van der Waals surface area contributed by atoms with E-state index in [1.165, 1.54) is 12.8 Å². The second-order valence-corrected chi connectivity index (χ2v) is 8.51. The summed E-state index contributed by atoms with van der Waals surface area (Å²) in [6, 6.07) is 7.61. The molecule has 0 unspecified atom stereocenters. The summed E-state index contributed by atoms with van der Waals surface area (Å²) >= 11 is 0. The molecule has 9 heteroatoms. The predicted molar refractivity (Wildman–Crippen MR) is 125 cm³/mol.